The van der Waals surface area contributed by atoms with E-state index in [1.807, 2.05) is 0 Å². The summed E-state index contributed by atoms with van der Waals surface area (Å²) in [5.41, 5.74) is 0. The average Bonchev–Trinajstić information content (AvgIpc) is 2.05. The van der Waals surface area contributed by atoms with Crippen LogP contribution in [0.4, 0.5) is 0 Å². The van der Waals surface area contributed by atoms with E-state index < -0.39 is 0 Å². The zero-order valence-corrected chi connectivity index (χ0v) is 7.68. The molecule has 1 heteroatoms. The van der Waals surface area contributed by atoms with Gasteiger partial charge in [-0.3, -0.25) is 4.79 Å². The van der Waals surface area contributed by atoms with Gasteiger partial charge in [-0.15, -0.1) is 12.3 Å². The third-order valence-electron chi connectivity index (χ3n) is 2.81. The molecule has 0 aromatic heterocycles. The van der Waals surface area contributed by atoms with E-state index in [2.05, 4.69) is 5.92 Å². The van der Waals surface area contributed by atoms with Crippen LogP contribution in [0.3, 0.4) is 0 Å². The summed E-state index contributed by atoms with van der Waals surface area (Å²) in [5.74, 6) is 3.73. The number of Topliss-reactive ketones (excluding diaryl/α,β-unsaturated/α-hetero) is 1. The van der Waals surface area contributed by atoms with Crippen molar-refractivity contribution in [2.75, 3.05) is 0 Å². The van der Waals surface area contributed by atoms with Crippen LogP contribution in [0.5, 0.6) is 0 Å². The SMILES string of the molecule is C#CC[C@@H]1CCCC[C@H]1C(C)=O. The van der Waals surface area contributed by atoms with Gasteiger partial charge in [-0.25, -0.2) is 0 Å². The molecule has 0 heterocycles. The van der Waals surface area contributed by atoms with Crippen LogP contribution in [0, 0.1) is 24.2 Å². The first-order valence-electron chi connectivity index (χ1n) is 4.69. The largest absolute Gasteiger partial charge is 0.300 e. The highest BCUT2D eigenvalue weighted by Gasteiger charge is 2.27. The summed E-state index contributed by atoms with van der Waals surface area (Å²) in [7, 11) is 0. The third kappa shape index (κ3) is 2.11. The molecule has 0 N–H and O–H groups in total. The van der Waals surface area contributed by atoms with Crippen LogP contribution in [0.25, 0.3) is 0 Å². The van der Waals surface area contributed by atoms with E-state index in [0.717, 1.165) is 19.3 Å². The van der Waals surface area contributed by atoms with Crippen molar-refractivity contribution in [1.82, 2.24) is 0 Å². The van der Waals surface area contributed by atoms with Crippen LogP contribution < -0.4 is 0 Å². The van der Waals surface area contributed by atoms with Crippen LogP contribution >= 0.6 is 0 Å². The first-order chi connectivity index (χ1) is 5.75. The topological polar surface area (TPSA) is 17.1 Å². The molecule has 0 aromatic carbocycles. The van der Waals surface area contributed by atoms with Crippen LogP contribution in [0.2, 0.25) is 0 Å². The van der Waals surface area contributed by atoms with Crippen molar-refractivity contribution in [2.24, 2.45) is 11.8 Å². The quantitative estimate of drug-likeness (QED) is 0.573. The van der Waals surface area contributed by atoms with Crippen LogP contribution in [-0.2, 0) is 4.79 Å². The Morgan fingerprint density at radius 1 is 1.50 bits per heavy atom. The van der Waals surface area contributed by atoms with Gasteiger partial charge in [0.1, 0.15) is 5.78 Å². The van der Waals surface area contributed by atoms with Gasteiger partial charge >= 0.3 is 0 Å². The number of carbonyl (C=O) groups excluding carboxylic acids is 1. The molecular formula is C11H16O. The van der Waals surface area contributed by atoms with Crippen molar-refractivity contribution in [3.63, 3.8) is 0 Å². The van der Waals surface area contributed by atoms with Gasteiger partial charge in [-0.05, 0) is 25.7 Å². The number of rotatable bonds is 2. The van der Waals surface area contributed by atoms with Gasteiger partial charge in [-0.2, -0.15) is 0 Å². The summed E-state index contributed by atoms with van der Waals surface area (Å²) in [6.07, 6.45) is 10.7. The smallest absolute Gasteiger partial charge is 0.133 e. The van der Waals surface area contributed by atoms with Crippen LogP contribution in [-0.4, -0.2) is 5.78 Å². The van der Waals surface area contributed by atoms with E-state index in [9.17, 15) is 4.79 Å². The maximum Gasteiger partial charge on any atom is 0.133 e. The lowest BCUT2D eigenvalue weighted by molar-refractivity contribution is -0.123. The number of ketones is 1. The zero-order chi connectivity index (χ0) is 8.97. The molecule has 0 bridgehead atoms. The number of carbonyl (C=O) groups is 1. The van der Waals surface area contributed by atoms with Crippen LogP contribution in [0.15, 0.2) is 0 Å². The Kier molecular flexibility index (Phi) is 3.34. The highest BCUT2D eigenvalue weighted by molar-refractivity contribution is 5.78. The van der Waals surface area contributed by atoms with Crippen molar-refractivity contribution in [3.05, 3.63) is 0 Å². The Morgan fingerprint density at radius 3 is 2.75 bits per heavy atom. The summed E-state index contributed by atoms with van der Waals surface area (Å²) >= 11 is 0. The Balaban J connectivity index is 2.55. The van der Waals surface area contributed by atoms with Gasteiger partial charge in [0.2, 0.25) is 0 Å². The molecule has 1 rings (SSSR count). The predicted octanol–water partition coefficient (Wildman–Crippen LogP) is 2.41. The van der Waals surface area contributed by atoms with E-state index in [-0.39, 0.29) is 5.92 Å². The van der Waals surface area contributed by atoms with E-state index in [1.54, 1.807) is 6.92 Å². The van der Waals surface area contributed by atoms with E-state index >= 15 is 0 Å². The first kappa shape index (κ1) is 9.32. The molecule has 1 aliphatic rings. The molecular weight excluding hydrogens is 148 g/mol. The molecule has 1 aliphatic carbocycles. The number of hydrogen-bond donors (Lipinski definition) is 0. The molecule has 1 nitrogen and oxygen atoms in total. The fourth-order valence-corrected chi connectivity index (χ4v) is 2.14. The van der Waals surface area contributed by atoms with E-state index in [1.165, 1.54) is 12.8 Å². The zero-order valence-electron chi connectivity index (χ0n) is 7.68. The molecule has 0 spiro atoms. The lowest BCUT2D eigenvalue weighted by Crippen LogP contribution is -2.25. The lowest BCUT2D eigenvalue weighted by Gasteiger charge is -2.28. The van der Waals surface area contributed by atoms with Crippen molar-refractivity contribution in [3.8, 4) is 12.3 Å². The van der Waals surface area contributed by atoms with Crippen molar-refractivity contribution >= 4 is 5.78 Å². The second-order valence-electron chi connectivity index (χ2n) is 3.67. The summed E-state index contributed by atoms with van der Waals surface area (Å²) in [5, 5.41) is 0. The van der Waals surface area contributed by atoms with Gasteiger partial charge in [0, 0.05) is 12.3 Å². The summed E-state index contributed by atoms with van der Waals surface area (Å²) < 4.78 is 0. The van der Waals surface area contributed by atoms with Gasteiger partial charge < -0.3 is 0 Å². The maximum absolute atomic E-state index is 11.2. The molecule has 0 amide bonds. The second-order valence-corrected chi connectivity index (χ2v) is 3.67. The molecule has 0 radical (unpaired) electrons. The fraction of sp³-hybridized carbons (Fsp3) is 0.727. The predicted molar refractivity (Wildman–Crippen MR) is 49.6 cm³/mol. The summed E-state index contributed by atoms with van der Waals surface area (Å²) in [6, 6.07) is 0. The standard InChI is InChI=1S/C11H16O/c1-3-6-10-7-4-5-8-11(10)9(2)12/h1,10-11H,4-8H2,2H3/t10-,11+/m1/s1. The minimum absolute atomic E-state index is 0.259. The Morgan fingerprint density at radius 2 is 2.17 bits per heavy atom. The minimum Gasteiger partial charge on any atom is -0.300 e. The second kappa shape index (κ2) is 4.30. The van der Waals surface area contributed by atoms with E-state index in [4.69, 9.17) is 6.42 Å². The van der Waals surface area contributed by atoms with Gasteiger partial charge in [0.05, 0.1) is 0 Å². The van der Waals surface area contributed by atoms with Gasteiger partial charge in [0.15, 0.2) is 0 Å². The highest BCUT2D eigenvalue weighted by atomic mass is 16.1. The minimum atomic E-state index is 0.259. The molecule has 2 atom stereocenters. The van der Waals surface area contributed by atoms with Gasteiger partial charge in [0.25, 0.3) is 0 Å². The van der Waals surface area contributed by atoms with E-state index in [0.29, 0.717) is 11.7 Å². The Hall–Kier alpha value is -0.770. The first-order valence-corrected chi connectivity index (χ1v) is 4.69. The van der Waals surface area contributed by atoms with Crippen molar-refractivity contribution in [1.29, 1.82) is 0 Å². The molecule has 0 aliphatic heterocycles. The number of hydrogen-bond acceptors (Lipinski definition) is 1. The molecule has 0 unspecified atom stereocenters. The number of terminal acetylenes is 1. The molecule has 1 fully saturated rings. The Labute approximate surface area is 74.5 Å². The van der Waals surface area contributed by atoms with Crippen molar-refractivity contribution in [2.45, 2.75) is 39.0 Å². The fourth-order valence-electron chi connectivity index (χ4n) is 2.14. The van der Waals surface area contributed by atoms with Crippen molar-refractivity contribution < 1.29 is 4.79 Å². The molecule has 12 heavy (non-hydrogen) atoms. The normalized spacial score (nSPS) is 29.3. The average molecular weight is 164 g/mol. The molecule has 0 aromatic rings. The molecule has 66 valence electrons. The highest BCUT2D eigenvalue weighted by Crippen LogP contribution is 2.32. The maximum atomic E-state index is 11.2. The summed E-state index contributed by atoms with van der Waals surface area (Å²) in [4.78, 5) is 11.2. The lowest BCUT2D eigenvalue weighted by atomic mass is 9.76. The van der Waals surface area contributed by atoms with Crippen LogP contribution in [0.1, 0.15) is 39.0 Å². The molecule has 1 saturated carbocycles. The molecule has 0 saturated heterocycles. The summed E-state index contributed by atoms with van der Waals surface area (Å²) in [6.45, 7) is 1.69. The monoisotopic (exact) mass is 164 g/mol. The Bertz CT molecular complexity index is 200. The van der Waals surface area contributed by atoms with Gasteiger partial charge in [-0.1, -0.05) is 12.8 Å². The third-order valence-corrected chi connectivity index (χ3v) is 2.81.